The van der Waals surface area contributed by atoms with Gasteiger partial charge < -0.3 is 0 Å². The maximum Gasteiger partial charge on any atom is 0.296 e. The first-order valence-electron chi connectivity index (χ1n) is 4.69. The van der Waals surface area contributed by atoms with Crippen molar-refractivity contribution in [1.29, 1.82) is 0 Å². The summed E-state index contributed by atoms with van der Waals surface area (Å²) in [5, 5.41) is 6.56. The molecule has 1 heterocycles. The van der Waals surface area contributed by atoms with E-state index in [2.05, 4.69) is 10.2 Å². The SMILES string of the molecule is CCCn1c(CS(C)(=O)=O)nnc1S(=O)(=O)Cl. The molecule has 1 aromatic rings. The summed E-state index contributed by atoms with van der Waals surface area (Å²) in [6.45, 7) is 2.11. The van der Waals surface area contributed by atoms with Crippen molar-refractivity contribution in [2.75, 3.05) is 6.26 Å². The van der Waals surface area contributed by atoms with Gasteiger partial charge in [-0.2, -0.15) is 0 Å². The molecule has 1 aromatic heterocycles. The smallest absolute Gasteiger partial charge is 0.296 e. The van der Waals surface area contributed by atoms with Crippen molar-refractivity contribution in [1.82, 2.24) is 14.8 Å². The first kappa shape index (κ1) is 14.4. The van der Waals surface area contributed by atoms with Crippen molar-refractivity contribution < 1.29 is 16.8 Å². The summed E-state index contributed by atoms with van der Waals surface area (Å²) in [4.78, 5) is 0. The minimum Gasteiger partial charge on any atom is -0.300 e. The van der Waals surface area contributed by atoms with Gasteiger partial charge in [0, 0.05) is 23.5 Å². The number of halogens is 1. The maximum absolute atomic E-state index is 11.2. The summed E-state index contributed by atoms with van der Waals surface area (Å²) in [6, 6.07) is 0. The molecule has 0 spiro atoms. The Morgan fingerprint density at radius 1 is 1.24 bits per heavy atom. The Hall–Kier alpha value is -0.670. The molecule has 0 aliphatic rings. The van der Waals surface area contributed by atoms with Gasteiger partial charge in [0.05, 0.1) is 0 Å². The van der Waals surface area contributed by atoms with E-state index < -0.39 is 24.0 Å². The Kier molecular flexibility index (Phi) is 4.15. The highest BCUT2D eigenvalue weighted by Gasteiger charge is 2.23. The summed E-state index contributed by atoms with van der Waals surface area (Å²) < 4.78 is 45.9. The van der Waals surface area contributed by atoms with Crippen LogP contribution in [0.1, 0.15) is 19.2 Å². The van der Waals surface area contributed by atoms with E-state index in [4.69, 9.17) is 10.7 Å². The third-order valence-corrected chi connectivity index (χ3v) is 3.78. The molecule has 0 N–H and O–H groups in total. The Morgan fingerprint density at radius 2 is 1.82 bits per heavy atom. The van der Waals surface area contributed by atoms with Crippen LogP contribution in [0.15, 0.2) is 5.16 Å². The molecule has 0 aromatic carbocycles. The molecule has 0 atom stereocenters. The summed E-state index contributed by atoms with van der Waals surface area (Å²) >= 11 is 0. The summed E-state index contributed by atoms with van der Waals surface area (Å²) in [6.07, 6.45) is 1.64. The van der Waals surface area contributed by atoms with Crippen molar-refractivity contribution in [3.8, 4) is 0 Å². The Bertz CT molecular complexity index is 605. The second-order valence-corrected chi connectivity index (χ2v) is 8.16. The number of hydrogen-bond acceptors (Lipinski definition) is 6. The monoisotopic (exact) mass is 301 g/mol. The molecule has 0 aliphatic carbocycles. The van der Waals surface area contributed by atoms with E-state index in [-0.39, 0.29) is 11.6 Å². The summed E-state index contributed by atoms with van der Waals surface area (Å²) in [5.74, 6) is -0.291. The van der Waals surface area contributed by atoms with Gasteiger partial charge in [-0.15, -0.1) is 10.2 Å². The lowest BCUT2D eigenvalue weighted by Crippen LogP contribution is -2.12. The lowest BCUT2D eigenvalue weighted by molar-refractivity contribution is 0.556. The molecule has 0 aliphatic heterocycles. The molecule has 0 radical (unpaired) electrons. The zero-order valence-electron chi connectivity index (χ0n) is 9.29. The van der Waals surface area contributed by atoms with E-state index in [1.807, 2.05) is 6.92 Å². The molecule has 7 nitrogen and oxygen atoms in total. The quantitative estimate of drug-likeness (QED) is 0.718. The van der Waals surface area contributed by atoms with E-state index in [9.17, 15) is 16.8 Å². The number of hydrogen-bond donors (Lipinski definition) is 0. The lowest BCUT2D eigenvalue weighted by atomic mass is 10.5. The Balaban J connectivity index is 3.30. The van der Waals surface area contributed by atoms with E-state index in [1.54, 1.807) is 0 Å². The number of aromatic nitrogens is 3. The normalized spacial score (nSPS) is 12.9. The lowest BCUT2D eigenvalue weighted by Gasteiger charge is -2.06. The van der Waals surface area contributed by atoms with Gasteiger partial charge in [0.25, 0.3) is 14.2 Å². The van der Waals surface area contributed by atoms with Crippen LogP contribution in [-0.4, -0.2) is 37.9 Å². The van der Waals surface area contributed by atoms with Gasteiger partial charge in [0.1, 0.15) is 11.6 Å². The molecule has 17 heavy (non-hydrogen) atoms. The van der Waals surface area contributed by atoms with Gasteiger partial charge in [0.15, 0.2) is 9.84 Å². The molecule has 0 saturated heterocycles. The molecule has 0 fully saturated rings. The summed E-state index contributed by atoms with van der Waals surface area (Å²) in [5.41, 5.74) is 0. The van der Waals surface area contributed by atoms with E-state index in [0.29, 0.717) is 13.0 Å². The topological polar surface area (TPSA) is 99.0 Å². The highest BCUT2D eigenvalue weighted by Crippen LogP contribution is 2.15. The van der Waals surface area contributed by atoms with Gasteiger partial charge in [-0.25, -0.2) is 16.8 Å². The Morgan fingerprint density at radius 3 is 2.24 bits per heavy atom. The van der Waals surface area contributed by atoms with E-state index >= 15 is 0 Å². The van der Waals surface area contributed by atoms with Gasteiger partial charge in [0.2, 0.25) is 0 Å². The van der Waals surface area contributed by atoms with Crippen LogP contribution in [0.25, 0.3) is 0 Å². The minimum atomic E-state index is -4.02. The predicted molar refractivity (Wildman–Crippen MR) is 61.9 cm³/mol. The standard InChI is InChI=1S/C7H12ClN3O4S2/c1-3-4-11-6(5-16(2,12)13)9-10-7(11)17(8,14)15/h3-5H2,1-2H3. The molecule has 0 bridgehead atoms. The van der Waals surface area contributed by atoms with Crippen LogP contribution in [-0.2, 0) is 31.2 Å². The van der Waals surface area contributed by atoms with Crippen LogP contribution in [0.4, 0.5) is 0 Å². The van der Waals surface area contributed by atoms with Gasteiger partial charge in [-0.05, 0) is 6.42 Å². The van der Waals surface area contributed by atoms with Gasteiger partial charge in [-0.1, -0.05) is 6.92 Å². The van der Waals surface area contributed by atoms with Crippen LogP contribution in [0.3, 0.4) is 0 Å². The van der Waals surface area contributed by atoms with Gasteiger partial charge in [-0.3, -0.25) is 4.57 Å². The maximum atomic E-state index is 11.2. The van der Waals surface area contributed by atoms with Crippen LogP contribution >= 0.6 is 10.7 Å². The van der Waals surface area contributed by atoms with Gasteiger partial charge >= 0.3 is 0 Å². The fraction of sp³-hybridized carbons (Fsp3) is 0.714. The zero-order chi connectivity index (χ0) is 13.3. The minimum absolute atomic E-state index is 0.0774. The third-order valence-electron chi connectivity index (χ3n) is 1.85. The average Bonchev–Trinajstić information content (AvgIpc) is 2.45. The van der Waals surface area contributed by atoms with Crippen molar-refractivity contribution in [2.24, 2.45) is 0 Å². The average molecular weight is 302 g/mol. The first-order valence-corrected chi connectivity index (χ1v) is 9.06. The number of rotatable bonds is 5. The van der Waals surface area contributed by atoms with Crippen molar-refractivity contribution in [3.05, 3.63) is 5.82 Å². The molecule has 0 saturated carbocycles. The molecule has 98 valence electrons. The second-order valence-electron chi connectivity index (χ2n) is 3.56. The highest BCUT2D eigenvalue weighted by molar-refractivity contribution is 8.13. The fourth-order valence-corrected chi connectivity index (χ4v) is 2.91. The van der Waals surface area contributed by atoms with Crippen molar-refractivity contribution in [2.45, 2.75) is 30.8 Å². The van der Waals surface area contributed by atoms with E-state index in [1.165, 1.54) is 4.57 Å². The molecular formula is C7H12ClN3O4S2. The Labute approximate surface area is 104 Å². The second kappa shape index (κ2) is 4.91. The zero-order valence-corrected chi connectivity index (χ0v) is 11.7. The fourth-order valence-electron chi connectivity index (χ4n) is 1.29. The summed E-state index contributed by atoms with van der Waals surface area (Å²) in [7, 11) is -2.15. The third kappa shape index (κ3) is 3.93. The number of sulfone groups is 1. The van der Waals surface area contributed by atoms with Crippen molar-refractivity contribution >= 4 is 29.6 Å². The largest absolute Gasteiger partial charge is 0.300 e. The molecule has 0 amide bonds. The molecule has 1 rings (SSSR count). The van der Waals surface area contributed by atoms with Crippen LogP contribution in [0.2, 0.25) is 0 Å². The number of nitrogens with zero attached hydrogens (tertiary/aromatic N) is 3. The van der Waals surface area contributed by atoms with Crippen LogP contribution < -0.4 is 0 Å². The molecule has 0 unspecified atom stereocenters. The van der Waals surface area contributed by atoms with Crippen LogP contribution in [0.5, 0.6) is 0 Å². The van der Waals surface area contributed by atoms with E-state index in [0.717, 1.165) is 6.26 Å². The molecule has 10 heteroatoms. The molecular weight excluding hydrogens is 290 g/mol. The van der Waals surface area contributed by atoms with Crippen molar-refractivity contribution in [3.63, 3.8) is 0 Å². The first-order chi connectivity index (χ1) is 7.65. The van der Waals surface area contributed by atoms with Crippen LogP contribution in [0, 0.1) is 0 Å². The predicted octanol–water partition coefficient (Wildman–Crippen LogP) is 0.160. The highest BCUT2D eigenvalue weighted by atomic mass is 35.7.